The average molecular weight is 733 g/mol. The summed E-state index contributed by atoms with van der Waals surface area (Å²) in [5, 5.41) is 0. The van der Waals surface area contributed by atoms with Gasteiger partial charge in [-0.05, 0) is 82.6 Å². The Balaban J connectivity index is 0.000000814. The molecule has 2 aromatic carbocycles. The molecule has 10 atom stereocenters. The van der Waals surface area contributed by atoms with Gasteiger partial charge in [0.25, 0.3) is 0 Å². The van der Waals surface area contributed by atoms with Crippen molar-refractivity contribution in [2.45, 2.75) is 114 Å². The minimum absolute atomic E-state index is 0. The van der Waals surface area contributed by atoms with Crippen LogP contribution in [0.4, 0.5) is 0 Å². The quantitative estimate of drug-likeness (QED) is 0.196. The molecule has 10 unspecified atom stereocenters. The SMILES string of the molecule is CCCCC1CCC([SiH](C)[SiH](C)C2CCC3C2CC2CCCC2C3C2c3ccccc3-c3ccccc32)C1.[CH3-].[CH3-].[Cl][Zr+2][Cl]. The Bertz CT molecular complexity index is 1110. The maximum absolute atomic E-state index is 4.93. The van der Waals surface area contributed by atoms with Gasteiger partial charge in [-0.3, -0.25) is 0 Å². The minimum atomic E-state index is -0.826. The zero-order chi connectivity index (χ0) is 28.5. The molecule has 7 rings (SSSR count). The number of fused-ring (bicyclic) bond motifs is 5. The van der Waals surface area contributed by atoms with Crippen LogP contribution < -0.4 is 0 Å². The third-order valence-electron chi connectivity index (χ3n) is 13.3. The summed E-state index contributed by atoms with van der Waals surface area (Å²) in [6.07, 6.45) is 18.6. The van der Waals surface area contributed by atoms with Gasteiger partial charge in [-0.25, -0.2) is 0 Å². The summed E-state index contributed by atoms with van der Waals surface area (Å²) in [4.78, 5) is 0. The zero-order valence-electron chi connectivity index (χ0n) is 27.7. The fourth-order valence-corrected chi connectivity index (χ4v) is 23.9. The molecule has 0 aliphatic heterocycles. The number of hydrogen-bond donors (Lipinski definition) is 0. The van der Waals surface area contributed by atoms with E-state index in [0.717, 1.165) is 35.5 Å². The van der Waals surface area contributed by atoms with Crippen LogP contribution in [0.5, 0.6) is 0 Å². The molecule has 0 saturated heterocycles. The summed E-state index contributed by atoms with van der Waals surface area (Å²) in [6, 6.07) is 19.1. The third-order valence-corrected chi connectivity index (χ3v) is 27.3. The van der Waals surface area contributed by atoms with Crippen molar-refractivity contribution in [3.8, 4) is 11.1 Å². The Morgan fingerprint density at radius 2 is 1.40 bits per heavy atom. The first-order valence-electron chi connectivity index (χ1n) is 17.2. The molecule has 4 fully saturated rings. The molecular weight excluding hydrogens is 675 g/mol. The Morgan fingerprint density at radius 1 is 0.744 bits per heavy atom. The maximum atomic E-state index is 4.93. The second-order valence-corrected chi connectivity index (χ2v) is 30.0. The summed E-state index contributed by atoms with van der Waals surface area (Å²) >= 11 is -0.826. The molecule has 0 amide bonds. The summed E-state index contributed by atoms with van der Waals surface area (Å²) in [7, 11) is 8.64. The molecule has 5 aliphatic carbocycles. The topological polar surface area (TPSA) is 0 Å². The number of rotatable bonds is 7. The van der Waals surface area contributed by atoms with E-state index in [0.29, 0.717) is 5.92 Å². The van der Waals surface area contributed by atoms with Gasteiger partial charge in [-0.1, -0.05) is 132 Å². The van der Waals surface area contributed by atoms with Crippen molar-refractivity contribution in [2.24, 2.45) is 35.5 Å². The fraction of sp³-hybridized carbons (Fsp3) is 0.632. The van der Waals surface area contributed by atoms with Gasteiger partial charge in [0.05, 0.1) is 0 Å². The molecule has 5 aliphatic rings. The fourth-order valence-electron chi connectivity index (χ4n) is 11.4. The van der Waals surface area contributed by atoms with Gasteiger partial charge >= 0.3 is 37.9 Å². The van der Waals surface area contributed by atoms with E-state index < -0.39 is 37.5 Å². The van der Waals surface area contributed by atoms with Crippen LogP contribution in [-0.4, -0.2) is 16.6 Å². The summed E-state index contributed by atoms with van der Waals surface area (Å²) in [5.74, 6) is 6.76. The van der Waals surface area contributed by atoms with Gasteiger partial charge in [0.1, 0.15) is 0 Å². The van der Waals surface area contributed by atoms with Crippen molar-refractivity contribution in [1.29, 1.82) is 0 Å². The van der Waals surface area contributed by atoms with Crippen LogP contribution in [0.25, 0.3) is 11.1 Å². The van der Waals surface area contributed by atoms with Gasteiger partial charge in [0.15, 0.2) is 0 Å². The van der Waals surface area contributed by atoms with E-state index in [4.69, 9.17) is 17.0 Å². The zero-order valence-corrected chi connectivity index (χ0v) is 34.0. The molecule has 4 saturated carbocycles. The van der Waals surface area contributed by atoms with Gasteiger partial charge in [-0.15, -0.1) is 0 Å². The second kappa shape index (κ2) is 16.4. The second-order valence-electron chi connectivity index (χ2n) is 14.8. The van der Waals surface area contributed by atoms with Gasteiger partial charge in [0, 0.05) is 22.5 Å². The van der Waals surface area contributed by atoms with Crippen molar-refractivity contribution < 1.29 is 20.8 Å². The molecule has 236 valence electrons. The monoisotopic (exact) mass is 730 g/mol. The van der Waals surface area contributed by atoms with E-state index in [1.807, 2.05) is 0 Å². The van der Waals surface area contributed by atoms with Crippen molar-refractivity contribution >= 4 is 33.7 Å². The van der Waals surface area contributed by atoms with Gasteiger partial charge in [-0.2, -0.15) is 0 Å². The first-order chi connectivity index (χ1) is 20.1. The average Bonchev–Trinajstić information content (AvgIpc) is 3.80. The van der Waals surface area contributed by atoms with E-state index in [1.54, 1.807) is 60.8 Å². The molecule has 0 N–H and O–H groups in total. The number of hydrogen-bond acceptors (Lipinski definition) is 0. The van der Waals surface area contributed by atoms with Crippen LogP contribution in [0.1, 0.15) is 101 Å². The van der Waals surface area contributed by atoms with Gasteiger partial charge < -0.3 is 14.9 Å². The van der Waals surface area contributed by atoms with Crippen molar-refractivity contribution in [2.75, 3.05) is 0 Å². The van der Waals surface area contributed by atoms with Gasteiger partial charge in [0.2, 0.25) is 0 Å². The molecule has 0 bridgehead atoms. The Hall–Kier alpha value is 0.337. The molecule has 0 aromatic heterocycles. The van der Waals surface area contributed by atoms with Crippen LogP contribution >= 0.6 is 17.0 Å². The van der Waals surface area contributed by atoms with Crippen LogP contribution in [0.2, 0.25) is 24.2 Å². The predicted octanol–water partition coefficient (Wildman–Crippen LogP) is 12.1. The van der Waals surface area contributed by atoms with Crippen molar-refractivity contribution in [3.63, 3.8) is 0 Å². The van der Waals surface area contributed by atoms with E-state index >= 15 is 0 Å². The van der Waals surface area contributed by atoms with E-state index in [-0.39, 0.29) is 14.9 Å². The Labute approximate surface area is 287 Å². The van der Waals surface area contributed by atoms with Crippen molar-refractivity contribution in [1.82, 2.24) is 0 Å². The Kier molecular flexibility index (Phi) is 13.8. The van der Waals surface area contributed by atoms with Crippen LogP contribution in [0.3, 0.4) is 0 Å². The predicted molar refractivity (Wildman–Crippen MR) is 194 cm³/mol. The summed E-state index contributed by atoms with van der Waals surface area (Å²) < 4.78 is 0. The summed E-state index contributed by atoms with van der Waals surface area (Å²) in [5.41, 5.74) is 8.86. The van der Waals surface area contributed by atoms with Crippen LogP contribution in [0, 0.1) is 50.4 Å². The van der Waals surface area contributed by atoms with Crippen LogP contribution in [0.15, 0.2) is 48.5 Å². The van der Waals surface area contributed by atoms with E-state index in [9.17, 15) is 0 Å². The molecule has 0 heterocycles. The molecular formula is C38H58Cl2Si2Zr. The number of benzene rings is 2. The molecule has 5 heteroatoms. The van der Waals surface area contributed by atoms with Crippen molar-refractivity contribution in [3.05, 3.63) is 74.5 Å². The Morgan fingerprint density at radius 3 is 2.05 bits per heavy atom. The first-order valence-corrected chi connectivity index (χ1v) is 29.9. The molecule has 0 radical (unpaired) electrons. The molecule has 0 nitrogen and oxygen atoms in total. The van der Waals surface area contributed by atoms with Crippen LogP contribution in [-0.2, 0) is 20.8 Å². The van der Waals surface area contributed by atoms with E-state index in [2.05, 4.69) is 68.5 Å². The standard InChI is InChI=1S/C36H52Si2.2CH3.2ClH.Zr/c1-4-5-11-24-18-19-26(22-24)37(2)38(3)34-21-20-32-33(34)23-25-12-10-17-27(25)35(32)36-30-15-8-6-13-28(30)29-14-7-9-16-31(29)36;;;;;/h6-9,13-16,24-27,32-38H,4-5,10-12,17-23H2,1-3H3;2*1H3;2*1H;/q;2*-1;;;+4/p-2. The normalized spacial score (nSPS) is 33.3. The van der Waals surface area contributed by atoms with E-state index in [1.165, 1.54) is 49.6 Å². The molecule has 0 spiro atoms. The number of unbranched alkanes of at least 4 members (excludes halogenated alkanes) is 1. The third kappa shape index (κ3) is 7.12. The molecule has 43 heavy (non-hydrogen) atoms. The summed E-state index contributed by atoms with van der Waals surface area (Å²) in [6.45, 7) is 8.16. The number of halogens is 2. The first kappa shape index (κ1) is 36.2. The molecule has 2 aromatic rings.